The maximum Gasteiger partial charge on any atom is 0.432 e. The van der Waals surface area contributed by atoms with E-state index in [0.29, 0.717) is 0 Å². The second kappa shape index (κ2) is 2.75. The molecule has 0 bridgehead atoms. The zero-order valence-electron chi connectivity index (χ0n) is 5.51. The first-order chi connectivity index (χ1) is 4.75. The van der Waals surface area contributed by atoms with Gasteiger partial charge in [-0.2, -0.15) is 17.6 Å². The van der Waals surface area contributed by atoms with Gasteiger partial charge in [0.25, 0.3) is 5.67 Å². The Bertz CT molecular complexity index is 163. The van der Waals surface area contributed by atoms with Crippen LogP contribution < -0.4 is 0 Å². The molecule has 0 saturated carbocycles. The van der Waals surface area contributed by atoms with Crippen molar-refractivity contribution in [2.45, 2.75) is 25.2 Å². The zero-order valence-corrected chi connectivity index (χ0v) is 5.51. The molecule has 1 atom stereocenters. The van der Waals surface area contributed by atoms with E-state index in [1.165, 1.54) is 0 Å². The highest BCUT2D eigenvalue weighted by Gasteiger charge is 2.61. The van der Waals surface area contributed by atoms with Crippen LogP contribution in [0.5, 0.6) is 0 Å². The number of halogens is 5. The number of rotatable bonds is 2. The number of alkyl halides is 4. The first kappa shape index (κ1) is 10.3. The van der Waals surface area contributed by atoms with Crippen molar-refractivity contribution in [2.75, 3.05) is 0 Å². The number of carbonyl (C=O) groups is 1. The fourth-order valence-corrected chi connectivity index (χ4v) is 0.451. The second-order valence-electron chi connectivity index (χ2n) is 1.93. The molecule has 0 aromatic rings. The Morgan fingerprint density at radius 1 is 1.27 bits per heavy atom. The maximum atomic E-state index is 12.3. The molecule has 1 unspecified atom stereocenters. The molecule has 0 fully saturated rings. The van der Waals surface area contributed by atoms with Crippen LogP contribution in [0.15, 0.2) is 0 Å². The van der Waals surface area contributed by atoms with Crippen molar-refractivity contribution in [3.8, 4) is 0 Å². The quantitative estimate of drug-likeness (QED) is 0.465. The smallest absolute Gasteiger partial charge is 0.257 e. The summed E-state index contributed by atoms with van der Waals surface area (Å²) in [5.74, 6) is 0. The third kappa shape index (κ3) is 1.66. The van der Waals surface area contributed by atoms with E-state index in [-0.39, 0.29) is 0 Å². The summed E-state index contributed by atoms with van der Waals surface area (Å²) in [6, 6.07) is -2.99. The molecule has 0 amide bonds. The minimum Gasteiger partial charge on any atom is -0.257 e. The van der Waals surface area contributed by atoms with Gasteiger partial charge in [0.2, 0.25) is 0 Å². The van der Waals surface area contributed by atoms with E-state index in [1.54, 1.807) is 0 Å². The Morgan fingerprint density at radius 2 is 1.64 bits per heavy atom. The molecule has 0 saturated heterocycles. The molecule has 1 nitrogen and oxygen atoms in total. The minimum atomic E-state index is -5.46. The lowest BCUT2D eigenvalue weighted by Crippen LogP contribution is -2.45. The molecule has 0 aromatic carbocycles. The van der Waals surface area contributed by atoms with Crippen molar-refractivity contribution in [3.05, 3.63) is 0 Å². The summed E-state index contributed by atoms with van der Waals surface area (Å²) in [4.78, 5) is 9.58. The first-order valence-corrected chi connectivity index (χ1v) is 2.71. The van der Waals surface area contributed by atoms with E-state index in [2.05, 4.69) is 0 Å². The summed E-state index contributed by atoms with van der Waals surface area (Å²) in [6.45, 7) is 0.741. The van der Waals surface area contributed by atoms with E-state index in [1.807, 2.05) is 0 Å². The van der Waals surface area contributed by atoms with Gasteiger partial charge in [-0.15, -0.1) is 0 Å². The predicted molar refractivity (Wildman–Crippen MR) is 26.3 cm³/mol. The monoisotopic (exact) mass is 176 g/mol. The van der Waals surface area contributed by atoms with Crippen LogP contribution in [0.25, 0.3) is 0 Å². The fraction of sp³-hybridized carbons (Fsp3) is 0.800. The molecule has 6 heteroatoms. The SMILES string of the molecule is CCC(F)(C(=O)F)C(F)(F)F. The Morgan fingerprint density at radius 3 is 1.64 bits per heavy atom. The molecule has 0 spiro atoms. The Labute approximate surface area is 59.2 Å². The maximum absolute atomic E-state index is 12.3. The van der Waals surface area contributed by atoms with E-state index >= 15 is 0 Å². The van der Waals surface area contributed by atoms with Crippen molar-refractivity contribution < 1.29 is 26.7 Å². The Hall–Kier alpha value is -0.680. The largest absolute Gasteiger partial charge is 0.432 e. The van der Waals surface area contributed by atoms with Crippen LogP contribution in [0.2, 0.25) is 0 Å². The molecule has 66 valence electrons. The summed E-state index contributed by atoms with van der Waals surface area (Å²) in [7, 11) is 0. The highest BCUT2D eigenvalue weighted by molar-refractivity contribution is 5.79. The van der Waals surface area contributed by atoms with E-state index in [9.17, 15) is 26.7 Å². The van der Waals surface area contributed by atoms with Gasteiger partial charge in [-0.05, 0) is 6.42 Å². The zero-order chi connectivity index (χ0) is 9.28. The Balaban J connectivity index is 4.75. The molecule has 0 N–H and O–H groups in total. The van der Waals surface area contributed by atoms with Crippen molar-refractivity contribution >= 4 is 6.04 Å². The molecule has 0 heterocycles. The molecular formula is C5H5F5O. The molecule has 0 aliphatic heterocycles. The average Bonchev–Trinajstić information content (AvgIpc) is 1.83. The van der Waals surface area contributed by atoms with Gasteiger partial charge in [-0.3, -0.25) is 4.79 Å². The summed E-state index contributed by atoms with van der Waals surface area (Å²) >= 11 is 0. The third-order valence-electron chi connectivity index (χ3n) is 1.25. The molecule has 0 rings (SSSR count). The lowest BCUT2D eigenvalue weighted by atomic mass is 10.0. The molecule has 0 aromatic heterocycles. The summed E-state index contributed by atoms with van der Waals surface area (Å²) in [5, 5.41) is 0. The third-order valence-corrected chi connectivity index (χ3v) is 1.25. The second-order valence-corrected chi connectivity index (χ2v) is 1.93. The van der Waals surface area contributed by atoms with Crippen LogP contribution in [0.1, 0.15) is 13.3 Å². The average molecular weight is 176 g/mol. The summed E-state index contributed by atoms with van der Waals surface area (Å²) in [5.41, 5.74) is -4.33. The van der Waals surface area contributed by atoms with Crippen molar-refractivity contribution in [3.63, 3.8) is 0 Å². The molecule has 0 aliphatic carbocycles. The van der Waals surface area contributed by atoms with Gasteiger partial charge in [-0.1, -0.05) is 6.92 Å². The fourth-order valence-electron chi connectivity index (χ4n) is 0.451. The standard InChI is InChI=1S/C5H5F5O/c1-2-4(7,3(6)11)5(8,9)10/h2H2,1H3. The van der Waals surface area contributed by atoms with Crippen LogP contribution in [0.3, 0.4) is 0 Å². The molecule has 0 radical (unpaired) electrons. The number of carbonyl (C=O) groups excluding carboxylic acids is 1. The lowest BCUT2D eigenvalue weighted by Gasteiger charge is -2.20. The van der Waals surface area contributed by atoms with Crippen LogP contribution in [-0.4, -0.2) is 17.9 Å². The molecule has 0 aliphatic rings. The van der Waals surface area contributed by atoms with Gasteiger partial charge in [0.1, 0.15) is 0 Å². The van der Waals surface area contributed by atoms with Gasteiger partial charge in [0, 0.05) is 0 Å². The topological polar surface area (TPSA) is 17.1 Å². The van der Waals surface area contributed by atoms with Crippen molar-refractivity contribution in [1.29, 1.82) is 0 Å². The van der Waals surface area contributed by atoms with Crippen LogP contribution in [0, 0.1) is 0 Å². The van der Waals surface area contributed by atoms with Crippen LogP contribution >= 0.6 is 0 Å². The van der Waals surface area contributed by atoms with Crippen LogP contribution in [0.4, 0.5) is 22.0 Å². The van der Waals surface area contributed by atoms with Crippen molar-refractivity contribution in [2.24, 2.45) is 0 Å². The van der Waals surface area contributed by atoms with E-state index < -0.39 is 24.3 Å². The molecule has 11 heavy (non-hydrogen) atoms. The number of hydrogen-bond donors (Lipinski definition) is 0. The van der Waals surface area contributed by atoms with E-state index in [0.717, 1.165) is 6.92 Å². The summed E-state index contributed by atoms with van der Waals surface area (Å²) < 4.78 is 58.4. The number of hydrogen-bond acceptors (Lipinski definition) is 1. The minimum absolute atomic E-state index is 0.741. The Kier molecular flexibility index (Phi) is 2.58. The van der Waals surface area contributed by atoms with Gasteiger partial charge >= 0.3 is 12.2 Å². The lowest BCUT2D eigenvalue weighted by molar-refractivity contribution is -0.232. The highest BCUT2D eigenvalue weighted by atomic mass is 19.4. The van der Waals surface area contributed by atoms with Gasteiger partial charge in [0.15, 0.2) is 0 Å². The van der Waals surface area contributed by atoms with Gasteiger partial charge in [-0.25, -0.2) is 4.39 Å². The highest BCUT2D eigenvalue weighted by Crippen LogP contribution is 2.37. The van der Waals surface area contributed by atoms with Gasteiger partial charge in [0.05, 0.1) is 0 Å². The molecular weight excluding hydrogens is 171 g/mol. The predicted octanol–water partition coefficient (Wildman–Crippen LogP) is 2.16. The van der Waals surface area contributed by atoms with Crippen LogP contribution in [-0.2, 0) is 4.79 Å². The normalized spacial score (nSPS) is 17.6. The summed E-state index contributed by atoms with van der Waals surface area (Å²) in [6.07, 6.45) is -6.71. The van der Waals surface area contributed by atoms with E-state index in [4.69, 9.17) is 0 Å². The van der Waals surface area contributed by atoms with Crippen molar-refractivity contribution in [1.82, 2.24) is 0 Å². The first-order valence-electron chi connectivity index (χ1n) is 2.71. The van der Waals surface area contributed by atoms with Gasteiger partial charge < -0.3 is 0 Å².